The van der Waals surface area contributed by atoms with E-state index in [1.807, 2.05) is 24.3 Å². The highest BCUT2D eigenvalue weighted by Gasteiger charge is 2.07. The van der Waals surface area contributed by atoms with Crippen LogP contribution in [-0.4, -0.2) is 35.4 Å². The fourth-order valence-electron chi connectivity index (χ4n) is 2.59. The number of carbonyl (C=O) groups excluding carboxylic acids is 2. The number of ether oxygens (including phenoxy) is 1. The van der Waals surface area contributed by atoms with Gasteiger partial charge in [-0.2, -0.15) is 5.10 Å². The van der Waals surface area contributed by atoms with Crippen LogP contribution in [0.1, 0.15) is 11.3 Å². The summed E-state index contributed by atoms with van der Waals surface area (Å²) < 4.78 is 19.7. The molecule has 3 aromatic rings. The number of rotatable bonds is 8. The maximum absolute atomic E-state index is 12.9. The SMILES string of the molecule is COc1ccc(-n2ccc(CNC(=O)CNC(=O)NCc3ccc(F)cc3)n2)cc1. The van der Waals surface area contributed by atoms with E-state index >= 15 is 0 Å². The number of carbonyl (C=O) groups is 2. The molecular formula is C21H22FN5O3. The van der Waals surface area contributed by atoms with Crippen molar-refractivity contribution in [3.05, 3.63) is 77.9 Å². The molecule has 8 nitrogen and oxygen atoms in total. The van der Waals surface area contributed by atoms with Gasteiger partial charge in [0.15, 0.2) is 0 Å². The molecule has 0 atom stereocenters. The van der Waals surface area contributed by atoms with Gasteiger partial charge in [-0.25, -0.2) is 13.9 Å². The summed E-state index contributed by atoms with van der Waals surface area (Å²) in [6.07, 6.45) is 1.80. The van der Waals surface area contributed by atoms with E-state index < -0.39 is 6.03 Å². The van der Waals surface area contributed by atoms with E-state index in [9.17, 15) is 14.0 Å². The van der Waals surface area contributed by atoms with Crippen molar-refractivity contribution < 1.29 is 18.7 Å². The number of nitrogens with zero attached hydrogens (tertiary/aromatic N) is 2. The summed E-state index contributed by atoms with van der Waals surface area (Å²) in [5.41, 5.74) is 2.30. The molecule has 0 saturated carbocycles. The molecule has 0 aliphatic heterocycles. The number of benzene rings is 2. The fourth-order valence-corrected chi connectivity index (χ4v) is 2.59. The Bertz CT molecular complexity index is 987. The second-order valence-electron chi connectivity index (χ2n) is 6.39. The van der Waals surface area contributed by atoms with Crippen LogP contribution >= 0.6 is 0 Å². The number of hydrogen-bond acceptors (Lipinski definition) is 4. The first-order valence-corrected chi connectivity index (χ1v) is 9.25. The molecule has 3 N–H and O–H groups in total. The Kier molecular flexibility index (Phi) is 6.99. The topological polar surface area (TPSA) is 97.3 Å². The summed E-state index contributed by atoms with van der Waals surface area (Å²) >= 11 is 0. The number of hydrogen-bond donors (Lipinski definition) is 3. The van der Waals surface area contributed by atoms with Gasteiger partial charge >= 0.3 is 6.03 Å². The van der Waals surface area contributed by atoms with Gasteiger partial charge in [0, 0.05) is 12.7 Å². The zero-order valence-electron chi connectivity index (χ0n) is 16.4. The van der Waals surface area contributed by atoms with Gasteiger partial charge in [0.25, 0.3) is 0 Å². The molecule has 0 bridgehead atoms. The molecule has 0 radical (unpaired) electrons. The zero-order chi connectivity index (χ0) is 21.3. The highest BCUT2D eigenvalue weighted by molar-refractivity contribution is 5.83. The number of halogens is 1. The van der Waals surface area contributed by atoms with Crippen LogP contribution < -0.4 is 20.7 Å². The van der Waals surface area contributed by atoms with Crippen molar-refractivity contribution in [1.29, 1.82) is 0 Å². The van der Waals surface area contributed by atoms with Crippen LogP contribution in [0.4, 0.5) is 9.18 Å². The third kappa shape index (κ3) is 6.06. The summed E-state index contributed by atoms with van der Waals surface area (Å²) in [4.78, 5) is 23.7. The number of methoxy groups -OCH3 is 1. The van der Waals surface area contributed by atoms with Gasteiger partial charge < -0.3 is 20.7 Å². The molecule has 9 heteroatoms. The Balaban J connectivity index is 1.38. The zero-order valence-corrected chi connectivity index (χ0v) is 16.4. The average Bonchev–Trinajstić information content (AvgIpc) is 3.25. The van der Waals surface area contributed by atoms with E-state index in [-0.39, 0.29) is 31.4 Å². The lowest BCUT2D eigenvalue weighted by atomic mass is 10.2. The summed E-state index contributed by atoms with van der Waals surface area (Å²) in [6.45, 7) is 0.297. The van der Waals surface area contributed by atoms with E-state index in [1.54, 1.807) is 36.2 Å². The second kappa shape index (κ2) is 10.1. The van der Waals surface area contributed by atoms with Crippen LogP contribution in [0.5, 0.6) is 5.75 Å². The molecule has 0 aliphatic carbocycles. The Morgan fingerprint density at radius 2 is 1.70 bits per heavy atom. The lowest BCUT2D eigenvalue weighted by Crippen LogP contribution is -2.41. The van der Waals surface area contributed by atoms with Crippen LogP contribution in [-0.2, 0) is 17.9 Å². The van der Waals surface area contributed by atoms with Crippen LogP contribution in [0.2, 0.25) is 0 Å². The van der Waals surface area contributed by atoms with Crippen molar-refractivity contribution in [3.8, 4) is 11.4 Å². The summed E-state index contributed by atoms with van der Waals surface area (Å²) in [5, 5.41) is 12.2. The van der Waals surface area contributed by atoms with Crippen molar-refractivity contribution in [3.63, 3.8) is 0 Å². The summed E-state index contributed by atoms with van der Waals surface area (Å²) in [5.74, 6) is 0.0761. The Morgan fingerprint density at radius 1 is 0.967 bits per heavy atom. The molecule has 1 aromatic heterocycles. The van der Waals surface area contributed by atoms with E-state index in [2.05, 4.69) is 21.0 Å². The Hall–Kier alpha value is -3.88. The Morgan fingerprint density at radius 3 is 2.40 bits per heavy atom. The quantitative estimate of drug-likeness (QED) is 0.529. The lowest BCUT2D eigenvalue weighted by molar-refractivity contribution is -0.120. The fraction of sp³-hybridized carbons (Fsp3) is 0.190. The molecule has 1 heterocycles. The average molecular weight is 411 g/mol. The molecular weight excluding hydrogens is 389 g/mol. The minimum Gasteiger partial charge on any atom is -0.497 e. The van der Waals surface area contributed by atoms with Crippen LogP contribution in [0, 0.1) is 5.82 Å². The van der Waals surface area contributed by atoms with Crippen molar-refractivity contribution in [2.45, 2.75) is 13.1 Å². The highest BCUT2D eigenvalue weighted by atomic mass is 19.1. The minimum atomic E-state index is -0.488. The van der Waals surface area contributed by atoms with Crippen molar-refractivity contribution in [2.24, 2.45) is 0 Å². The van der Waals surface area contributed by atoms with E-state index in [4.69, 9.17) is 4.74 Å². The van der Waals surface area contributed by atoms with Gasteiger partial charge in [0.05, 0.1) is 31.6 Å². The van der Waals surface area contributed by atoms with Gasteiger partial charge in [0.1, 0.15) is 11.6 Å². The third-order valence-electron chi connectivity index (χ3n) is 4.22. The normalized spacial score (nSPS) is 10.3. The van der Waals surface area contributed by atoms with Crippen molar-refractivity contribution in [2.75, 3.05) is 13.7 Å². The lowest BCUT2D eigenvalue weighted by Gasteiger charge is -2.08. The molecule has 3 rings (SSSR count). The number of nitrogens with one attached hydrogen (secondary N) is 3. The number of urea groups is 1. The van der Waals surface area contributed by atoms with Gasteiger partial charge in [-0.1, -0.05) is 12.1 Å². The van der Waals surface area contributed by atoms with E-state index in [1.165, 1.54) is 12.1 Å². The molecule has 3 amide bonds. The third-order valence-corrected chi connectivity index (χ3v) is 4.22. The molecule has 0 spiro atoms. The highest BCUT2D eigenvalue weighted by Crippen LogP contribution is 2.14. The molecule has 30 heavy (non-hydrogen) atoms. The number of amides is 3. The van der Waals surface area contributed by atoms with Gasteiger partial charge in [-0.15, -0.1) is 0 Å². The molecule has 0 fully saturated rings. The van der Waals surface area contributed by atoms with Crippen LogP contribution in [0.25, 0.3) is 5.69 Å². The standard InChI is InChI=1S/C21H22FN5O3/c1-30-19-8-6-18(7-9-19)27-11-10-17(26-27)13-23-20(28)14-25-21(29)24-12-15-2-4-16(22)5-3-15/h2-11H,12-14H2,1H3,(H,23,28)(H2,24,25,29). The molecule has 2 aromatic carbocycles. The van der Waals surface area contributed by atoms with Crippen molar-refractivity contribution in [1.82, 2.24) is 25.7 Å². The smallest absolute Gasteiger partial charge is 0.315 e. The maximum Gasteiger partial charge on any atom is 0.315 e. The largest absolute Gasteiger partial charge is 0.497 e. The predicted molar refractivity (Wildman–Crippen MR) is 109 cm³/mol. The monoisotopic (exact) mass is 411 g/mol. The first-order chi connectivity index (χ1) is 14.5. The summed E-state index contributed by atoms with van der Waals surface area (Å²) in [7, 11) is 1.60. The first kappa shape index (κ1) is 20.8. The Labute approximate surface area is 173 Å². The second-order valence-corrected chi connectivity index (χ2v) is 6.39. The predicted octanol–water partition coefficient (Wildman–Crippen LogP) is 2.14. The van der Waals surface area contributed by atoms with E-state index in [0.717, 1.165) is 17.0 Å². The molecule has 0 unspecified atom stereocenters. The first-order valence-electron chi connectivity index (χ1n) is 9.25. The van der Waals surface area contributed by atoms with Crippen LogP contribution in [0.15, 0.2) is 60.8 Å². The van der Waals surface area contributed by atoms with Gasteiger partial charge in [-0.3, -0.25) is 4.79 Å². The molecule has 0 aliphatic rings. The maximum atomic E-state index is 12.9. The summed E-state index contributed by atoms with van der Waals surface area (Å²) in [6, 6.07) is 14.5. The van der Waals surface area contributed by atoms with Gasteiger partial charge in [0.2, 0.25) is 5.91 Å². The van der Waals surface area contributed by atoms with Crippen LogP contribution in [0.3, 0.4) is 0 Å². The van der Waals surface area contributed by atoms with Crippen molar-refractivity contribution >= 4 is 11.9 Å². The minimum absolute atomic E-state index is 0.172. The van der Waals surface area contributed by atoms with E-state index in [0.29, 0.717) is 5.69 Å². The molecule has 156 valence electrons. The molecule has 0 saturated heterocycles. The number of aromatic nitrogens is 2. The van der Waals surface area contributed by atoms with Gasteiger partial charge in [-0.05, 0) is 48.0 Å².